The molecule has 138 valence electrons. The molecule has 1 aromatic carbocycles. The molecule has 0 atom stereocenters. The zero-order valence-electron chi connectivity index (χ0n) is 14.7. The van der Waals surface area contributed by atoms with Crippen LogP contribution < -0.4 is 0 Å². The molecule has 6 nitrogen and oxygen atoms in total. The number of aryl methyl sites for hydroxylation is 2. The molecule has 0 saturated heterocycles. The quantitative estimate of drug-likeness (QED) is 0.618. The van der Waals surface area contributed by atoms with Gasteiger partial charge < -0.3 is 4.52 Å². The van der Waals surface area contributed by atoms with E-state index in [1.807, 2.05) is 13.8 Å². The number of halogens is 2. The normalized spacial score (nSPS) is 12.3. The lowest BCUT2D eigenvalue weighted by Crippen LogP contribution is -2.14. The molecule has 0 fully saturated rings. The maximum Gasteiger partial charge on any atom is 0.201 e. The molecule has 0 aliphatic carbocycles. The molecule has 0 spiro atoms. The van der Waals surface area contributed by atoms with Crippen molar-refractivity contribution in [3.63, 3.8) is 0 Å². The summed E-state index contributed by atoms with van der Waals surface area (Å²) < 4.78 is 31.3. The van der Waals surface area contributed by atoms with Crippen LogP contribution in [0.25, 0.3) is 11.0 Å². The van der Waals surface area contributed by atoms with E-state index < -0.39 is 9.84 Å². The minimum Gasteiger partial charge on any atom is -0.361 e. The molecular formula is C17H17Cl2N3O3S. The molecule has 0 unspecified atom stereocenters. The maximum absolute atomic E-state index is 13.1. The second-order valence-corrected chi connectivity index (χ2v) is 9.10. The van der Waals surface area contributed by atoms with Gasteiger partial charge in [0.15, 0.2) is 5.03 Å². The summed E-state index contributed by atoms with van der Waals surface area (Å²) in [5, 5.41) is 4.39. The summed E-state index contributed by atoms with van der Waals surface area (Å²) in [6.07, 6.45) is 0. The van der Waals surface area contributed by atoms with Gasteiger partial charge in [-0.2, -0.15) is 0 Å². The molecule has 26 heavy (non-hydrogen) atoms. The minimum absolute atomic E-state index is 0.0570. The van der Waals surface area contributed by atoms with Crippen molar-refractivity contribution in [1.29, 1.82) is 0 Å². The van der Waals surface area contributed by atoms with E-state index >= 15 is 0 Å². The van der Waals surface area contributed by atoms with E-state index in [9.17, 15) is 8.42 Å². The second-order valence-electron chi connectivity index (χ2n) is 6.39. The molecular weight excluding hydrogens is 397 g/mol. The van der Waals surface area contributed by atoms with Gasteiger partial charge in [0.05, 0.1) is 38.2 Å². The van der Waals surface area contributed by atoms with Gasteiger partial charge in [-0.1, -0.05) is 42.2 Å². The SMILES string of the molecule is Cc1noc(C)c1CS(=O)(=O)c1nc2cc(Cl)c(Cl)cc2nc1C(C)C. The van der Waals surface area contributed by atoms with Gasteiger partial charge in [-0.25, -0.2) is 18.4 Å². The standard InChI is InChI=1S/C17H17Cl2N3O3S/c1-8(2)16-17(21-15-6-13(19)12(18)5-14(15)20-16)26(23,24)7-11-9(3)22-25-10(11)4/h5-6,8H,7H2,1-4H3. The van der Waals surface area contributed by atoms with Crippen LogP contribution in [-0.2, 0) is 15.6 Å². The first-order valence-corrected chi connectivity index (χ1v) is 10.3. The largest absolute Gasteiger partial charge is 0.361 e. The molecule has 2 aromatic heterocycles. The lowest BCUT2D eigenvalue weighted by molar-refractivity contribution is 0.392. The maximum atomic E-state index is 13.1. The van der Waals surface area contributed by atoms with Crippen LogP contribution in [0.4, 0.5) is 0 Å². The Hall–Kier alpha value is -1.70. The third-order valence-corrected chi connectivity index (χ3v) is 6.34. The molecule has 0 saturated carbocycles. The van der Waals surface area contributed by atoms with Crippen LogP contribution in [0.15, 0.2) is 21.7 Å². The van der Waals surface area contributed by atoms with Gasteiger partial charge in [0, 0.05) is 5.56 Å². The van der Waals surface area contributed by atoms with Crippen molar-refractivity contribution < 1.29 is 12.9 Å². The summed E-state index contributed by atoms with van der Waals surface area (Å²) in [7, 11) is -3.77. The molecule has 0 radical (unpaired) electrons. The fourth-order valence-corrected chi connectivity index (χ4v) is 4.70. The first-order chi connectivity index (χ1) is 12.1. The van der Waals surface area contributed by atoms with Crippen molar-refractivity contribution in [2.24, 2.45) is 0 Å². The van der Waals surface area contributed by atoms with E-state index in [-0.39, 0.29) is 16.7 Å². The van der Waals surface area contributed by atoms with Crippen LogP contribution in [-0.4, -0.2) is 23.5 Å². The zero-order valence-corrected chi connectivity index (χ0v) is 17.0. The van der Waals surface area contributed by atoms with Gasteiger partial charge in [-0.15, -0.1) is 0 Å². The number of fused-ring (bicyclic) bond motifs is 1. The highest BCUT2D eigenvalue weighted by Crippen LogP contribution is 2.31. The van der Waals surface area contributed by atoms with E-state index in [1.165, 1.54) is 6.07 Å². The van der Waals surface area contributed by atoms with Crippen LogP contribution in [0, 0.1) is 13.8 Å². The zero-order chi connectivity index (χ0) is 19.2. The number of hydrogen-bond donors (Lipinski definition) is 0. The van der Waals surface area contributed by atoms with Crippen LogP contribution in [0.3, 0.4) is 0 Å². The molecule has 0 aliphatic rings. The van der Waals surface area contributed by atoms with E-state index in [0.29, 0.717) is 43.8 Å². The molecule has 0 N–H and O–H groups in total. The summed E-state index contributed by atoms with van der Waals surface area (Å²) in [5.74, 6) is 0.0756. The Morgan fingerprint density at radius 3 is 2.15 bits per heavy atom. The summed E-state index contributed by atoms with van der Waals surface area (Å²) in [4.78, 5) is 8.86. The monoisotopic (exact) mass is 413 g/mol. The first kappa shape index (κ1) is 19.1. The minimum atomic E-state index is -3.77. The van der Waals surface area contributed by atoms with E-state index in [1.54, 1.807) is 19.9 Å². The van der Waals surface area contributed by atoms with Gasteiger partial charge in [-0.3, -0.25) is 0 Å². The van der Waals surface area contributed by atoms with Crippen molar-refractivity contribution in [3.05, 3.63) is 44.9 Å². The first-order valence-electron chi connectivity index (χ1n) is 7.91. The fourth-order valence-electron chi connectivity index (χ4n) is 2.62. The Labute approximate surface area is 161 Å². The van der Waals surface area contributed by atoms with Crippen molar-refractivity contribution in [2.45, 2.75) is 44.4 Å². The molecule has 0 bridgehead atoms. The highest BCUT2D eigenvalue weighted by molar-refractivity contribution is 7.90. The predicted octanol–water partition coefficient (Wildman–Crippen LogP) is 4.64. The number of benzene rings is 1. The smallest absolute Gasteiger partial charge is 0.201 e. The van der Waals surface area contributed by atoms with E-state index in [2.05, 4.69) is 15.1 Å². The van der Waals surface area contributed by atoms with Crippen molar-refractivity contribution >= 4 is 44.1 Å². The topological polar surface area (TPSA) is 86.0 Å². The van der Waals surface area contributed by atoms with Gasteiger partial charge in [0.1, 0.15) is 5.76 Å². The Morgan fingerprint density at radius 2 is 1.65 bits per heavy atom. The summed E-state index contributed by atoms with van der Waals surface area (Å²) in [6.45, 7) is 7.12. The third-order valence-electron chi connectivity index (χ3n) is 4.06. The van der Waals surface area contributed by atoms with Crippen LogP contribution in [0.2, 0.25) is 10.0 Å². The van der Waals surface area contributed by atoms with Gasteiger partial charge in [0.25, 0.3) is 0 Å². The number of sulfone groups is 1. The highest BCUT2D eigenvalue weighted by atomic mass is 35.5. The van der Waals surface area contributed by atoms with Crippen molar-refractivity contribution in [2.75, 3.05) is 0 Å². The average molecular weight is 414 g/mol. The van der Waals surface area contributed by atoms with E-state index in [0.717, 1.165) is 0 Å². The lowest BCUT2D eigenvalue weighted by atomic mass is 10.1. The summed E-state index contributed by atoms with van der Waals surface area (Å²) in [5.41, 5.74) is 2.35. The summed E-state index contributed by atoms with van der Waals surface area (Å²) >= 11 is 12.1. The lowest BCUT2D eigenvalue weighted by Gasteiger charge is -2.13. The highest BCUT2D eigenvalue weighted by Gasteiger charge is 2.27. The molecule has 0 aliphatic heterocycles. The molecule has 3 rings (SSSR count). The van der Waals surface area contributed by atoms with Crippen LogP contribution in [0.5, 0.6) is 0 Å². The number of rotatable bonds is 4. The van der Waals surface area contributed by atoms with Gasteiger partial charge >= 0.3 is 0 Å². The van der Waals surface area contributed by atoms with E-state index in [4.69, 9.17) is 27.7 Å². The Balaban J connectivity index is 2.21. The number of nitrogens with zero attached hydrogens (tertiary/aromatic N) is 3. The fraction of sp³-hybridized carbons (Fsp3) is 0.353. The Bertz CT molecular complexity index is 1090. The second kappa shape index (κ2) is 6.79. The summed E-state index contributed by atoms with van der Waals surface area (Å²) in [6, 6.07) is 3.11. The Kier molecular flexibility index (Phi) is 4.98. The van der Waals surface area contributed by atoms with Crippen molar-refractivity contribution in [1.82, 2.24) is 15.1 Å². The molecule has 0 amide bonds. The van der Waals surface area contributed by atoms with Crippen LogP contribution >= 0.6 is 23.2 Å². The van der Waals surface area contributed by atoms with Gasteiger partial charge in [-0.05, 0) is 31.9 Å². The molecule has 2 heterocycles. The van der Waals surface area contributed by atoms with Crippen molar-refractivity contribution in [3.8, 4) is 0 Å². The molecule has 9 heteroatoms. The Morgan fingerprint density at radius 1 is 1.08 bits per heavy atom. The average Bonchev–Trinajstić information content (AvgIpc) is 2.86. The predicted molar refractivity (Wildman–Crippen MR) is 101 cm³/mol. The third kappa shape index (κ3) is 3.43. The molecule has 3 aromatic rings. The number of aromatic nitrogens is 3. The number of hydrogen-bond acceptors (Lipinski definition) is 6. The van der Waals surface area contributed by atoms with Crippen LogP contribution in [0.1, 0.15) is 42.5 Å². The van der Waals surface area contributed by atoms with Gasteiger partial charge in [0.2, 0.25) is 9.84 Å².